The molecule has 0 saturated heterocycles. The fourth-order valence-corrected chi connectivity index (χ4v) is 2.57. The van der Waals surface area contributed by atoms with Crippen molar-refractivity contribution >= 4 is 10.9 Å². The average molecular weight is 294 g/mol. The van der Waals surface area contributed by atoms with Crippen LogP contribution in [0.25, 0.3) is 22.3 Å². The van der Waals surface area contributed by atoms with Gasteiger partial charge in [-0.15, -0.1) is 0 Å². The van der Waals surface area contributed by atoms with Gasteiger partial charge in [-0.25, -0.2) is 9.97 Å². The number of aryl methyl sites for hydroxylation is 2. The van der Waals surface area contributed by atoms with E-state index in [1.165, 1.54) is 0 Å². The Bertz CT molecular complexity index is 792. The Morgan fingerprint density at radius 3 is 2.55 bits per heavy atom. The van der Waals surface area contributed by atoms with Crippen LogP contribution in [-0.2, 0) is 0 Å². The molecule has 0 aliphatic carbocycles. The van der Waals surface area contributed by atoms with Gasteiger partial charge in [-0.2, -0.15) is 0 Å². The van der Waals surface area contributed by atoms with E-state index in [1.807, 2.05) is 56.4 Å². The number of nitrogens with zero attached hydrogens (tertiary/aromatic N) is 2. The number of hydrogen-bond acceptors (Lipinski definition) is 4. The van der Waals surface area contributed by atoms with Gasteiger partial charge in [-0.05, 0) is 43.2 Å². The highest BCUT2D eigenvalue weighted by atomic mass is 16.5. The van der Waals surface area contributed by atoms with Crippen molar-refractivity contribution in [3.05, 3.63) is 53.7 Å². The summed E-state index contributed by atoms with van der Waals surface area (Å²) in [6.45, 7) is 4.29. The van der Waals surface area contributed by atoms with Crippen LogP contribution in [-0.4, -0.2) is 28.3 Å². The highest BCUT2D eigenvalue weighted by Crippen LogP contribution is 2.29. The van der Waals surface area contributed by atoms with Crippen molar-refractivity contribution in [1.82, 2.24) is 9.97 Å². The van der Waals surface area contributed by atoms with Crippen LogP contribution in [0.4, 0.5) is 0 Å². The first kappa shape index (κ1) is 14.5. The molecule has 4 nitrogen and oxygen atoms in total. The summed E-state index contributed by atoms with van der Waals surface area (Å²) in [6.07, 6.45) is 1.85. The zero-order valence-corrected chi connectivity index (χ0v) is 12.7. The third kappa shape index (κ3) is 2.78. The summed E-state index contributed by atoms with van der Waals surface area (Å²) < 4.78 is 5.59. The van der Waals surface area contributed by atoms with Crippen LogP contribution < -0.4 is 4.74 Å². The van der Waals surface area contributed by atoms with Gasteiger partial charge in [0, 0.05) is 17.1 Å². The lowest BCUT2D eigenvalue weighted by atomic mass is 10.0. The summed E-state index contributed by atoms with van der Waals surface area (Å²) in [4.78, 5) is 9.09. The third-order valence-corrected chi connectivity index (χ3v) is 3.55. The van der Waals surface area contributed by atoms with Gasteiger partial charge in [-0.3, -0.25) is 0 Å². The van der Waals surface area contributed by atoms with Crippen molar-refractivity contribution in [3.63, 3.8) is 0 Å². The number of para-hydroxylation sites is 1. The molecule has 0 spiro atoms. The molecule has 0 amide bonds. The Labute approximate surface area is 129 Å². The molecule has 0 aliphatic heterocycles. The van der Waals surface area contributed by atoms with Crippen LogP contribution in [0.1, 0.15) is 11.1 Å². The van der Waals surface area contributed by atoms with Crippen molar-refractivity contribution in [1.29, 1.82) is 0 Å². The SMILES string of the molecule is Cc1cc(-c2ncc3ccccc3n2)cc(C)c1OCCO. The average Bonchev–Trinajstić information content (AvgIpc) is 2.53. The van der Waals surface area contributed by atoms with E-state index in [4.69, 9.17) is 9.84 Å². The van der Waals surface area contributed by atoms with Crippen molar-refractivity contribution in [3.8, 4) is 17.1 Å². The van der Waals surface area contributed by atoms with Crippen molar-refractivity contribution in [2.24, 2.45) is 0 Å². The Morgan fingerprint density at radius 2 is 1.82 bits per heavy atom. The van der Waals surface area contributed by atoms with E-state index in [9.17, 15) is 0 Å². The first-order valence-electron chi connectivity index (χ1n) is 7.26. The molecule has 3 rings (SSSR count). The van der Waals surface area contributed by atoms with E-state index in [-0.39, 0.29) is 6.61 Å². The molecular formula is C18H18N2O2. The molecule has 0 saturated carbocycles. The lowest BCUT2D eigenvalue weighted by molar-refractivity contribution is 0.200. The first-order chi connectivity index (χ1) is 10.7. The molecule has 22 heavy (non-hydrogen) atoms. The van der Waals surface area contributed by atoms with E-state index >= 15 is 0 Å². The maximum absolute atomic E-state index is 8.90. The second-order valence-corrected chi connectivity index (χ2v) is 5.26. The van der Waals surface area contributed by atoms with Crippen LogP contribution >= 0.6 is 0 Å². The Morgan fingerprint density at radius 1 is 1.09 bits per heavy atom. The van der Waals surface area contributed by atoms with Crippen LogP contribution in [0.2, 0.25) is 0 Å². The number of hydrogen-bond donors (Lipinski definition) is 1. The van der Waals surface area contributed by atoms with E-state index in [0.29, 0.717) is 12.4 Å². The third-order valence-electron chi connectivity index (χ3n) is 3.55. The van der Waals surface area contributed by atoms with Crippen LogP contribution in [0.15, 0.2) is 42.6 Å². The molecule has 1 N–H and O–H groups in total. The molecule has 0 fully saturated rings. The lowest BCUT2D eigenvalue weighted by Crippen LogP contribution is -2.04. The van der Waals surface area contributed by atoms with Crippen LogP contribution in [0.3, 0.4) is 0 Å². The zero-order valence-electron chi connectivity index (χ0n) is 12.7. The predicted molar refractivity (Wildman–Crippen MR) is 87.0 cm³/mol. The summed E-state index contributed by atoms with van der Waals surface area (Å²) in [6, 6.07) is 12.0. The zero-order chi connectivity index (χ0) is 15.5. The molecular weight excluding hydrogens is 276 g/mol. The Kier molecular flexibility index (Phi) is 4.02. The first-order valence-corrected chi connectivity index (χ1v) is 7.26. The molecule has 2 aromatic carbocycles. The predicted octanol–water partition coefficient (Wildman–Crippen LogP) is 3.28. The normalized spacial score (nSPS) is 10.9. The van der Waals surface area contributed by atoms with Gasteiger partial charge in [0.25, 0.3) is 0 Å². The van der Waals surface area contributed by atoms with Gasteiger partial charge in [-0.1, -0.05) is 18.2 Å². The molecule has 0 radical (unpaired) electrons. The number of aliphatic hydroxyl groups is 1. The van der Waals surface area contributed by atoms with Crippen molar-refractivity contribution in [2.75, 3.05) is 13.2 Å². The summed E-state index contributed by atoms with van der Waals surface area (Å²) in [5.41, 5.74) is 3.93. The maximum atomic E-state index is 8.90. The molecule has 0 atom stereocenters. The minimum Gasteiger partial charge on any atom is -0.491 e. The molecule has 0 bridgehead atoms. The quantitative estimate of drug-likeness (QED) is 0.802. The smallest absolute Gasteiger partial charge is 0.159 e. The van der Waals surface area contributed by atoms with Crippen LogP contribution in [0.5, 0.6) is 5.75 Å². The number of rotatable bonds is 4. The summed E-state index contributed by atoms with van der Waals surface area (Å²) in [5.74, 6) is 1.53. The molecule has 1 aromatic heterocycles. The number of aliphatic hydroxyl groups excluding tert-OH is 1. The largest absolute Gasteiger partial charge is 0.491 e. The van der Waals surface area contributed by atoms with Gasteiger partial charge >= 0.3 is 0 Å². The minimum absolute atomic E-state index is 0.00835. The second kappa shape index (κ2) is 6.12. The Hall–Kier alpha value is -2.46. The molecule has 1 heterocycles. The van der Waals surface area contributed by atoms with Gasteiger partial charge < -0.3 is 9.84 Å². The standard InChI is InChI=1S/C18H18N2O2/c1-12-9-15(10-13(2)17(12)22-8-7-21)18-19-11-14-5-3-4-6-16(14)20-18/h3-6,9-11,21H,7-8H2,1-2H3. The van der Waals surface area contributed by atoms with E-state index in [0.717, 1.165) is 33.3 Å². The van der Waals surface area contributed by atoms with Crippen molar-refractivity contribution in [2.45, 2.75) is 13.8 Å². The monoisotopic (exact) mass is 294 g/mol. The molecule has 0 unspecified atom stereocenters. The summed E-state index contributed by atoms with van der Waals surface area (Å²) in [7, 11) is 0. The number of fused-ring (bicyclic) bond motifs is 1. The summed E-state index contributed by atoms with van der Waals surface area (Å²) in [5, 5.41) is 9.93. The molecule has 3 aromatic rings. The summed E-state index contributed by atoms with van der Waals surface area (Å²) >= 11 is 0. The number of ether oxygens (including phenoxy) is 1. The Balaban J connectivity index is 2.03. The van der Waals surface area contributed by atoms with E-state index < -0.39 is 0 Å². The van der Waals surface area contributed by atoms with Gasteiger partial charge in [0.15, 0.2) is 5.82 Å². The van der Waals surface area contributed by atoms with Gasteiger partial charge in [0.05, 0.1) is 12.1 Å². The van der Waals surface area contributed by atoms with E-state index in [1.54, 1.807) is 0 Å². The molecule has 112 valence electrons. The second-order valence-electron chi connectivity index (χ2n) is 5.26. The van der Waals surface area contributed by atoms with Crippen molar-refractivity contribution < 1.29 is 9.84 Å². The number of aromatic nitrogens is 2. The fourth-order valence-electron chi connectivity index (χ4n) is 2.57. The number of benzene rings is 2. The minimum atomic E-state index is 0.00835. The van der Waals surface area contributed by atoms with Gasteiger partial charge in [0.2, 0.25) is 0 Å². The molecule has 4 heteroatoms. The topological polar surface area (TPSA) is 55.2 Å². The van der Waals surface area contributed by atoms with Gasteiger partial charge in [0.1, 0.15) is 12.4 Å². The highest BCUT2D eigenvalue weighted by Gasteiger charge is 2.10. The fraction of sp³-hybridized carbons (Fsp3) is 0.222. The molecule has 0 aliphatic rings. The van der Waals surface area contributed by atoms with Crippen LogP contribution in [0, 0.1) is 13.8 Å². The lowest BCUT2D eigenvalue weighted by Gasteiger charge is -2.13. The van der Waals surface area contributed by atoms with E-state index in [2.05, 4.69) is 9.97 Å². The maximum Gasteiger partial charge on any atom is 0.159 e. The highest BCUT2D eigenvalue weighted by molar-refractivity contribution is 5.79.